The summed E-state index contributed by atoms with van der Waals surface area (Å²) in [6, 6.07) is 8.25. The summed E-state index contributed by atoms with van der Waals surface area (Å²) in [4.78, 5) is 33.3. The summed E-state index contributed by atoms with van der Waals surface area (Å²) in [5.74, 6) is 0.850. The smallest absolute Gasteiger partial charge is 0.248 e. The zero-order chi connectivity index (χ0) is 20.8. The third kappa shape index (κ3) is 6.09. The lowest BCUT2D eigenvalue weighted by molar-refractivity contribution is -0.133. The number of likely N-dealkylation sites (tertiary alicyclic amines) is 1. The number of guanidine groups is 1. The van der Waals surface area contributed by atoms with E-state index in [1.807, 2.05) is 48.8 Å². The average molecular weight is 527 g/mol. The summed E-state index contributed by atoms with van der Waals surface area (Å²) < 4.78 is 0. The maximum Gasteiger partial charge on any atom is 0.248 e. The molecule has 0 spiro atoms. The minimum absolute atomic E-state index is 0. The van der Waals surface area contributed by atoms with Gasteiger partial charge in [-0.15, -0.1) is 24.0 Å². The first-order chi connectivity index (χ1) is 14.0. The molecule has 0 aromatic heterocycles. The molecule has 0 saturated carbocycles. The van der Waals surface area contributed by atoms with Crippen molar-refractivity contribution in [2.45, 2.75) is 46.1 Å². The summed E-state index contributed by atoms with van der Waals surface area (Å²) in [5.41, 5.74) is 2.23. The number of carbonyl (C=O) groups excluding carboxylic acids is 2. The number of hydrogen-bond donors (Lipinski definition) is 2. The van der Waals surface area contributed by atoms with Crippen LogP contribution in [-0.2, 0) is 16.0 Å². The Hall–Kier alpha value is -1.84. The van der Waals surface area contributed by atoms with Crippen LogP contribution < -0.4 is 15.5 Å². The molecule has 3 rings (SSSR count). The summed E-state index contributed by atoms with van der Waals surface area (Å²) in [6.07, 6.45) is 2.88. The van der Waals surface area contributed by atoms with Gasteiger partial charge in [-0.1, -0.05) is 32.0 Å². The molecule has 166 valence electrons. The fourth-order valence-electron chi connectivity index (χ4n) is 3.98. The van der Waals surface area contributed by atoms with Crippen LogP contribution in [0.4, 0.5) is 5.69 Å². The lowest BCUT2D eigenvalue weighted by Crippen LogP contribution is -2.46. The number of nitrogens with zero attached hydrogens (tertiary/aromatic N) is 3. The highest BCUT2D eigenvalue weighted by molar-refractivity contribution is 14.0. The fraction of sp³-hybridized carbons (Fsp3) is 0.591. The molecule has 1 unspecified atom stereocenters. The Balaban J connectivity index is 0.00000320. The molecular formula is C22H34IN5O2. The molecule has 2 aliphatic heterocycles. The predicted molar refractivity (Wildman–Crippen MR) is 131 cm³/mol. The fourth-order valence-corrected chi connectivity index (χ4v) is 3.98. The Kier molecular flexibility index (Phi) is 9.38. The Morgan fingerprint density at radius 3 is 2.73 bits per heavy atom. The van der Waals surface area contributed by atoms with Gasteiger partial charge in [0.05, 0.1) is 0 Å². The van der Waals surface area contributed by atoms with Gasteiger partial charge < -0.3 is 20.4 Å². The van der Waals surface area contributed by atoms with Gasteiger partial charge in [0.1, 0.15) is 6.54 Å². The largest absolute Gasteiger partial charge is 0.357 e. The molecule has 1 aromatic carbocycles. The average Bonchev–Trinajstić information content (AvgIpc) is 3.19. The van der Waals surface area contributed by atoms with Gasteiger partial charge in [0.15, 0.2) is 5.96 Å². The minimum Gasteiger partial charge on any atom is -0.357 e. The van der Waals surface area contributed by atoms with Gasteiger partial charge in [0, 0.05) is 43.8 Å². The maximum absolute atomic E-state index is 12.8. The van der Waals surface area contributed by atoms with Crippen molar-refractivity contribution in [1.82, 2.24) is 15.5 Å². The van der Waals surface area contributed by atoms with Crippen molar-refractivity contribution in [3.05, 3.63) is 29.8 Å². The topological polar surface area (TPSA) is 77.0 Å². The number of hydrogen-bond acceptors (Lipinski definition) is 3. The van der Waals surface area contributed by atoms with Crippen molar-refractivity contribution < 1.29 is 9.59 Å². The van der Waals surface area contributed by atoms with Gasteiger partial charge in [-0.25, -0.2) is 4.99 Å². The molecule has 7 nitrogen and oxygen atoms in total. The van der Waals surface area contributed by atoms with Gasteiger partial charge in [0.25, 0.3) is 0 Å². The Bertz CT molecular complexity index is 768. The Morgan fingerprint density at radius 2 is 2.00 bits per heavy atom. The van der Waals surface area contributed by atoms with Gasteiger partial charge in [-0.05, 0) is 37.8 Å². The first-order valence-corrected chi connectivity index (χ1v) is 10.7. The summed E-state index contributed by atoms with van der Waals surface area (Å²) >= 11 is 0. The van der Waals surface area contributed by atoms with Gasteiger partial charge >= 0.3 is 0 Å². The van der Waals surface area contributed by atoms with E-state index in [-0.39, 0.29) is 54.3 Å². The molecule has 8 heteroatoms. The molecule has 2 N–H and O–H groups in total. The first kappa shape index (κ1) is 24.4. The number of nitrogens with one attached hydrogen (secondary N) is 2. The lowest BCUT2D eigenvalue weighted by atomic mass is 10.0. The monoisotopic (exact) mass is 527 g/mol. The predicted octanol–water partition coefficient (Wildman–Crippen LogP) is 2.40. The van der Waals surface area contributed by atoms with Crippen molar-refractivity contribution in [1.29, 1.82) is 0 Å². The van der Waals surface area contributed by atoms with Crippen molar-refractivity contribution in [3.63, 3.8) is 0 Å². The molecule has 2 heterocycles. The van der Waals surface area contributed by atoms with E-state index in [4.69, 9.17) is 0 Å². The maximum atomic E-state index is 12.8. The third-order valence-corrected chi connectivity index (χ3v) is 5.46. The van der Waals surface area contributed by atoms with Crippen LogP contribution in [0.5, 0.6) is 0 Å². The van der Waals surface area contributed by atoms with E-state index in [0.29, 0.717) is 19.0 Å². The van der Waals surface area contributed by atoms with E-state index in [0.717, 1.165) is 38.0 Å². The number of aryl methyl sites for hydroxylation is 1. The molecule has 0 radical (unpaired) electrons. The second-order valence-corrected chi connectivity index (χ2v) is 8.04. The molecule has 1 fully saturated rings. The van der Waals surface area contributed by atoms with E-state index in [9.17, 15) is 9.59 Å². The molecule has 2 amide bonds. The zero-order valence-corrected chi connectivity index (χ0v) is 20.5. The highest BCUT2D eigenvalue weighted by Crippen LogP contribution is 2.26. The second kappa shape index (κ2) is 11.5. The summed E-state index contributed by atoms with van der Waals surface area (Å²) in [6.45, 7) is 8.86. The van der Waals surface area contributed by atoms with Crippen LogP contribution in [0.1, 0.15) is 39.2 Å². The van der Waals surface area contributed by atoms with Crippen molar-refractivity contribution in [2.75, 3.05) is 37.6 Å². The highest BCUT2D eigenvalue weighted by atomic mass is 127. The number of carbonyl (C=O) groups is 2. The van der Waals surface area contributed by atoms with Crippen molar-refractivity contribution in [2.24, 2.45) is 10.9 Å². The Morgan fingerprint density at radius 1 is 1.23 bits per heavy atom. The third-order valence-electron chi connectivity index (χ3n) is 5.46. The van der Waals surface area contributed by atoms with Gasteiger partial charge in [0.2, 0.25) is 11.8 Å². The number of fused-ring (bicyclic) bond motifs is 1. The van der Waals surface area contributed by atoms with E-state index >= 15 is 0 Å². The second-order valence-electron chi connectivity index (χ2n) is 8.04. The van der Waals surface area contributed by atoms with E-state index in [1.54, 1.807) is 0 Å². The number of anilines is 1. The number of aliphatic imine (C=N–C) groups is 1. The molecule has 1 saturated heterocycles. The molecule has 0 aliphatic carbocycles. The summed E-state index contributed by atoms with van der Waals surface area (Å²) in [5, 5.41) is 6.61. The normalized spacial score (nSPS) is 18.7. The minimum atomic E-state index is 0. The summed E-state index contributed by atoms with van der Waals surface area (Å²) in [7, 11) is 0. The lowest BCUT2D eigenvalue weighted by Gasteiger charge is -2.29. The number of amides is 2. The Labute approximate surface area is 196 Å². The molecular weight excluding hydrogens is 493 g/mol. The molecule has 2 aliphatic rings. The van der Waals surface area contributed by atoms with Gasteiger partial charge in [-0.3, -0.25) is 9.59 Å². The van der Waals surface area contributed by atoms with E-state index < -0.39 is 0 Å². The van der Waals surface area contributed by atoms with Crippen LogP contribution in [0.15, 0.2) is 29.3 Å². The standard InChI is InChI=1S/C22H33N5O2.HI/c1-4-23-22(25-18-11-13-26(15-18)21(29)16(2)3)24-14-20(28)27-12-7-9-17-8-5-6-10-19(17)27;/h5-6,8,10,16,18H,4,7,9,11-15H2,1-3H3,(H2,23,24,25);1H. The van der Waals surface area contributed by atoms with Crippen molar-refractivity contribution in [3.8, 4) is 0 Å². The SMILES string of the molecule is CCNC(=NCC(=O)N1CCCc2ccccc21)NC1CCN(C(=O)C(C)C)C1.I. The van der Waals surface area contributed by atoms with Crippen LogP contribution in [0, 0.1) is 5.92 Å². The molecule has 1 atom stereocenters. The number of benzene rings is 1. The van der Waals surface area contributed by atoms with E-state index in [2.05, 4.69) is 21.7 Å². The van der Waals surface area contributed by atoms with Crippen LogP contribution in [0.3, 0.4) is 0 Å². The molecule has 30 heavy (non-hydrogen) atoms. The number of rotatable bonds is 5. The van der Waals surface area contributed by atoms with Crippen LogP contribution >= 0.6 is 24.0 Å². The number of halogens is 1. The van der Waals surface area contributed by atoms with Crippen LogP contribution in [0.25, 0.3) is 0 Å². The number of para-hydroxylation sites is 1. The van der Waals surface area contributed by atoms with Crippen LogP contribution in [-0.4, -0.2) is 61.4 Å². The zero-order valence-electron chi connectivity index (χ0n) is 18.2. The van der Waals surface area contributed by atoms with Crippen molar-refractivity contribution >= 4 is 47.4 Å². The van der Waals surface area contributed by atoms with E-state index in [1.165, 1.54) is 5.56 Å². The molecule has 1 aromatic rings. The van der Waals surface area contributed by atoms with Crippen LogP contribution in [0.2, 0.25) is 0 Å². The van der Waals surface area contributed by atoms with Gasteiger partial charge in [-0.2, -0.15) is 0 Å². The first-order valence-electron chi connectivity index (χ1n) is 10.7. The quantitative estimate of drug-likeness (QED) is 0.351. The molecule has 0 bridgehead atoms. The highest BCUT2D eigenvalue weighted by Gasteiger charge is 2.28.